The van der Waals surface area contributed by atoms with E-state index in [-0.39, 0.29) is 17.8 Å². The molecule has 0 radical (unpaired) electrons. The average molecular weight is 320 g/mol. The van der Waals surface area contributed by atoms with Gasteiger partial charge >= 0.3 is 5.97 Å². The van der Waals surface area contributed by atoms with Gasteiger partial charge in [-0.1, -0.05) is 0 Å². The van der Waals surface area contributed by atoms with Crippen LogP contribution in [0.25, 0.3) is 0 Å². The van der Waals surface area contributed by atoms with Gasteiger partial charge in [-0.3, -0.25) is 9.59 Å². The van der Waals surface area contributed by atoms with Crippen LogP contribution in [-0.4, -0.2) is 69.5 Å². The van der Waals surface area contributed by atoms with Crippen LogP contribution in [0.15, 0.2) is 0 Å². The molecule has 1 amide bonds. The molecule has 0 aliphatic carbocycles. The molecule has 8 heteroatoms. The number of ether oxygens (including phenoxy) is 1. The smallest absolute Gasteiger partial charge is 0.305 e. The zero-order valence-corrected chi connectivity index (χ0v) is 13.7. The highest BCUT2D eigenvalue weighted by Crippen LogP contribution is 2.21. The molecule has 1 aliphatic heterocycles. The minimum Gasteiger partial charge on any atom is -0.469 e. The summed E-state index contributed by atoms with van der Waals surface area (Å²) in [5, 5.41) is 0. The van der Waals surface area contributed by atoms with Gasteiger partial charge in [0.1, 0.15) is 0 Å². The molecule has 0 saturated carbocycles. The van der Waals surface area contributed by atoms with Crippen molar-refractivity contribution < 1.29 is 22.7 Å². The molecule has 0 aromatic heterocycles. The maximum Gasteiger partial charge on any atom is 0.305 e. The lowest BCUT2D eigenvalue weighted by Crippen LogP contribution is -2.43. The molecule has 21 heavy (non-hydrogen) atoms. The minimum atomic E-state index is -3.16. The van der Waals surface area contributed by atoms with E-state index in [0.717, 1.165) is 0 Å². The van der Waals surface area contributed by atoms with Crippen LogP contribution in [0.4, 0.5) is 0 Å². The second-order valence-electron chi connectivity index (χ2n) is 5.38. The van der Waals surface area contributed by atoms with Gasteiger partial charge in [-0.15, -0.1) is 0 Å². The standard InChI is InChI=1S/C13H24N2O5S/c1-14(8-4-5-12(16)20-2)13(17)11-6-9-15(10-7-11)21(3,18)19/h11H,4-10H2,1-3H3. The summed E-state index contributed by atoms with van der Waals surface area (Å²) in [7, 11) is -0.114. The summed E-state index contributed by atoms with van der Waals surface area (Å²) < 4.78 is 28.8. The van der Waals surface area contributed by atoms with Gasteiger partial charge in [-0.05, 0) is 19.3 Å². The zero-order chi connectivity index (χ0) is 16.0. The molecule has 1 aliphatic rings. The third kappa shape index (κ3) is 5.62. The number of hydrogen-bond acceptors (Lipinski definition) is 5. The maximum atomic E-state index is 12.2. The molecule has 0 N–H and O–H groups in total. The van der Waals surface area contributed by atoms with E-state index < -0.39 is 10.0 Å². The number of rotatable bonds is 6. The molecule has 0 bridgehead atoms. The number of methoxy groups -OCH3 is 1. The molecule has 0 aromatic carbocycles. The van der Waals surface area contributed by atoms with Crippen LogP contribution in [0.3, 0.4) is 0 Å². The first-order chi connectivity index (χ1) is 9.75. The molecular formula is C13H24N2O5S. The summed E-state index contributed by atoms with van der Waals surface area (Å²) in [5.41, 5.74) is 0. The summed E-state index contributed by atoms with van der Waals surface area (Å²) in [6.45, 7) is 1.29. The molecule has 1 saturated heterocycles. The number of sulfonamides is 1. The second kappa shape index (κ2) is 7.74. The van der Waals surface area contributed by atoms with Gasteiger partial charge in [0.15, 0.2) is 0 Å². The first-order valence-corrected chi connectivity index (χ1v) is 8.87. The largest absolute Gasteiger partial charge is 0.469 e. The summed E-state index contributed by atoms with van der Waals surface area (Å²) in [6, 6.07) is 0. The highest BCUT2D eigenvalue weighted by molar-refractivity contribution is 7.88. The first-order valence-electron chi connectivity index (χ1n) is 7.02. The SMILES string of the molecule is COC(=O)CCCN(C)C(=O)C1CCN(S(C)(=O)=O)CC1. The molecule has 1 rings (SSSR count). The van der Waals surface area contributed by atoms with E-state index >= 15 is 0 Å². The van der Waals surface area contributed by atoms with E-state index in [4.69, 9.17) is 0 Å². The molecular weight excluding hydrogens is 296 g/mol. The van der Waals surface area contributed by atoms with E-state index in [1.54, 1.807) is 11.9 Å². The van der Waals surface area contributed by atoms with Gasteiger partial charge in [0.05, 0.1) is 13.4 Å². The van der Waals surface area contributed by atoms with Crippen LogP contribution in [0.5, 0.6) is 0 Å². The number of hydrogen-bond donors (Lipinski definition) is 0. The third-order valence-corrected chi connectivity index (χ3v) is 5.05. The van der Waals surface area contributed by atoms with Crippen LogP contribution in [0.1, 0.15) is 25.7 Å². The second-order valence-corrected chi connectivity index (χ2v) is 7.36. The van der Waals surface area contributed by atoms with Crippen molar-refractivity contribution in [3.8, 4) is 0 Å². The van der Waals surface area contributed by atoms with Crippen molar-refractivity contribution in [3.63, 3.8) is 0 Å². The quantitative estimate of drug-likeness (QED) is 0.647. The predicted octanol–water partition coefficient (Wildman–Crippen LogP) is 0.0696. The molecule has 0 unspecified atom stereocenters. The van der Waals surface area contributed by atoms with Gasteiger partial charge in [0, 0.05) is 39.0 Å². The third-order valence-electron chi connectivity index (χ3n) is 3.75. The highest BCUT2D eigenvalue weighted by atomic mass is 32.2. The van der Waals surface area contributed by atoms with Crippen LogP contribution in [0.2, 0.25) is 0 Å². The van der Waals surface area contributed by atoms with Crippen LogP contribution in [0, 0.1) is 5.92 Å². The number of nitrogens with zero attached hydrogens (tertiary/aromatic N) is 2. The van der Waals surface area contributed by atoms with E-state index in [0.29, 0.717) is 45.3 Å². The Balaban J connectivity index is 2.37. The Labute approximate surface area is 126 Å². The monoisotopic (exact) mass is 320 g/mol. The number of amides is 1. The molecule has 1 heterocycles. The summed E-state index contributed by atoms with van der Waals surface area (Å²) in [6.07, 6.45) is 3.15. The van der Waals surface area contributed by atoms with Gasteiger partial charge in [0.2, 0.25) is 15.9 Å². The van der Waals surface area contributed by atoms with E-state index in [9.17, 15) is 18.0 Å². The number of carbonyl (C=O) groups excluding carboxylic acids is 2. The van der Waals surface area contributed by atoms with Gasteiger partial charge in [-0.25, -0.2) is 12.7 Å². The topological polar surface area (TPSA) is 84.0 Å². The Morgan fingerprint density at radius 1 is 1.29 bits per heavy atom. The fourth-order valence-electron chi connectivity index (χ4n) is 2.42. The van der Waals surface area contributed by atoms with Crippen molar-refractivity contribution in [2.45, 2.75) is 25.7 Å². The maximum absolute atomic E-state index is 12.2. The van der Waals surface area contributed by atoms with Crippen molar-refractivity contribution >= 4 is 21.9 Å². The summed E-state index contributed by atoms with van der Waals surface area (Å²) in [4.78, 5) is 24.9. The Kier molecular flexibility index (Phi) is 6.60. The average Bonchev–Trinajstić information content (AvgIpc) is 2.45. The van der Waals surface area contributed by atoms with Crippen molar-refractivity contribution in [3.05, 3.63) is 0 Å². The lowest BCUT2D eigenvalue weighted by molar-refractivity contribution is -0.141. The van der Waals surface area contributed by atoms with Crippen molar-refractivity contribution in [2.24, 2.45) is 5.92 Å². The molecule has 1 fully saturated rings. The summed E-state index contributed by atoms with van der Waals surface area (Å²) >= 11 is 0. The number of carbonyl (C=O) groups is 2. The molecule has 0 atom stereocenters. The highest BCUT2D eigenvalue weighted by Gasteiger charge is 2.30. The minimum absolute atomic E-state index is 0.0213. The Bertz CT molecular complexity index is 469. The fourth-order valence-corrected chi connectivity index (χ4v) is 3.29. The fraction of sp³-hybridized carbons (Fsp3) is 0.846. The molecule has 7 nitrogen and oxygen atoms in total. The van der Waals surface area contributed by atoms with E-state index in [1.807, 2.05) is 0 Å². The lowest BCUT2D eigenvalue weighted by Gasteiger charge is -2.31. The predicted molar refractivity (Wildman–Crippen MR) is 78.0 cm³/mol. The van der Waals surface area contributed by atoms with Gasteiger partial charge < -0.3 is 9.64 Å². The number of piperidine rings is 1. The normalized spacial score (nSPS) is 17.5. The van der Waals surface area contributed by atoms with E-state index in [1.165, 1.54) is 17.7 Å². The van der Waals surface area contributed by atoms with E-state index in [2.05, 4.69) is 4.74 Å². The Morgan fingerprint density at radius 2 is 1.86 bits per heavy atom. The molecule has 122 valence electrons. The van der Waals surface area contributed by atoms with Crippen LogP contribution in [-0.2, 0) is 24.3 Å². The Morgan fingerprint density at radius 3 is 2.33 bits per heavy atom. The number of esters is 1. The Hall–Kier alpha value is -1.15. The first kappa shape index (κ1) is 17.9. The van der Waals surface area contributed by atoms with Crippen molar-refractivity contribution in [1.82, 2.24) is 9.21 Å². The van der Waals surface area contributed by atoms with Gasteiger partial charge in [-0.2, -0.15) is 0 Å². The van der Waals surface area contributed by atoms with Gasteiger partial charge in [0.25, 0.3) is 0 Å². The lowest BCUT2D eigenvalue weighted by atomic mass is 9.96. The van der Waals surface area contributed by atoms with Crippen molar-refractivity contribution in [1.29, 1.82) is 0 Å². The van der Waals surface area contributed by atoms with Crippen LogP contribution >= 0.6 is 0 Å². The van der Waals surface area contributed by atoms with Crippen molar-refractivity contribution in [2.75, 3.05) is 40.0 Å². The zero-order valence-electron chi connectivity index (χ0n) is 12.9. The van der Waals surface area contributed by atoms with Crippen LogP contribution < -0.4 is 0 Å². The molecule has 0 aromatic rings. The summed E-state index contributed by atoms with van der Waals surface area (Å²) in [5.74, 6) is -0.392. The molecule has 0 spiro atoms.